The predicted octanol–water partition coefficient (Wildman–Crippen LogP) is 3.61. The Kier molecular flexibility index (Phi) is 6.86. The second kappa shape index (κ2) is 9.10. The van der Waals surface area contributed by atoms with Gasteiger partial charge in [-0.15, -0.1) is 0 Å². The summed E-state index contributed by atoms with van der Waals surface area (Å²) in [5.74, 6) is -0.0778. The molecule has 1 N–H and O–H groups in total. The molecular formula is C19H20ClNO5. The van der Waals surface area contributed by atoms with E-state index in [0.29, 0.717) is 22.2 Å². The van der Waals surface area contributed by atoms with E-state index in [4.69, 9.17) is 25.8 Å². The Balaban J connectivity index is 1.86. The Hall–Kier alpha value is -2.73. The van der Waals surface area contributed by atoms with E-state index < -0.39 is 18.0 Å². The highest BCUT2D eigenvalue weighted by atomic mass is 35.5. The van der Waals surface area contributed by atoms with Gasteiger partial charge in [0, 0.05) is 5.02 Å². The van der Waals surface area contributed by atoms with Crippen molar-refractivity contribution in [3.63, 3.8) is 0 Å². The summed E-state index contributed by atoms with van der Waals surface area (Å²) in [4.78, 5) is 24.1. The zero-order valence-corrected chi connectivity index (χ0v) is 15.5. The van der Waals surface area contributed by atoms with Gasteiger partial charge in [0.2, 0.25) is 0 Å². The van der Waals surface area contributed by atoms with Crippen LogP contribution in [0.1, 0.15) is 12.5 Å². The smallest absolute Gasteiger partial charge is 0.344 e. The number of rotatable bonds is 7. The number of benzene rings is 2. The molecule has 6 nitrogen and oxygen atoms in total. The van der Waals surface area contributed by atoms with Crippen LogP contribution in [0.15, 0.2) is 42.5 Å². The van der Waals surface area contributed by atoms with Crippen molar-refractivity contribution >= 4 is 29.2 Å². The third kappa shape index (κ3) is 5.39. The maximum atomic E-state index is 12.2. The molecule has 0 bridgehead atoms. The first-order chi connectivity index (χ1) is 12.4. The number of esters is 1. The summed E-state index contributed by atoms with van der Waals surface area (Å²) in [6, 6.07) is 12.0. The summed E-state index contributed by atoms with van der Waals surface area (Å²) < 4.78 is 15.7. The molecule has 7 heteroatoms. The summed E-state index contributed by atoms with van der Waals surface area (Å²) >= 11 is 5.87. The fourth-order valence-electron chi connectivity index (χ4n) is 2.18. The van der Waals surface area contributed by atoms with Crippen LogP contribution in [0.4, 0.5) is 5.69 Å². The lowest BCUT2D eigenvalue weighted by atomic mass is 10.2. The molecule has 138 valence electrons. The summed E-state index contributed by atoms with van der Waals surface area (Å²) in [7, 11) is 1.50. The summed E-state index contributed by atoms with van der Waals surface area (Å²) in [5.41, 5.74) is 1.29. The molecule has 0 fully saturated rings. The molecule has 0 saturated heterocycles. The van der Waals surface area contributed by atoms with Crippen LogP contribution in [0.25, 0.3) is 0 Å². The van der Waals surface area contributed by atoms with Crippen molar-refractivity contribution in [3.8, 4) is 11.5 Å². The largest absolute Gasteiger partial charge is 0.495 e. The number of anilines is 1. The molecule has 1 atom stereocenters. The number of methoxy groups -OCH3 is 1. The SMILES string of the molecule is COc1ccccc1NC(=O)[C@H](C)OC(=O)COc1ccc(Cl)cc1C. The number of halogens is 1. The maximum Gasteiger partial charge on any atom is 0.344 e. The van der Waals surface area contributed by atoms with Crippen LogP contribution in [0.2, 0.25) is 5.02 Å². The molecule has 1 amide bonds. The van der Waals surface area contributed by atoms with Crippen molar-refractivity contribution in [2.24, 2.45) is 0 Å². The Morgan fingerprint density at radius 3 is 2.58 bits per heavy atom. The van der Waals surface area contributed by atoms with Gasteiger partial charge in [0.15, 0.2) is 12.7 Å². The topological polar surface area (TPSA) is 73.9 Å². The molecule has 2 aromatic carbocycles. The molecule has 0 aromatic heterocycles. The molecule has 0 aliphatic heterocycles. The van der Waals surface area contributed by atoms with Crippen molar-refractivity contribution in [2.45, 2.75) is 20.0 Å². The number of para-hydroxylation sites is 2. The van der Waals surface area contributed by atoms with Gasteiger partial charge in [-0.2, -0.15) is 0 Å². The van der Waals surface area contributed by atoms with Gasteiger partial charge in [-0.3, -0.25) is 4.79 Å². The normalized spacial score (nSPS) is 11.4. The molecule has 2 rings (SSSR count). The van der Waals surface area contributed by atoms with Crippen LogP contribution >= 0.6 is 11.6 Å². The fraction of sp³-hybridized carbons (Fsp3) is 0.263. The van der Waals surface area contributed by atoms with Crippen molar-refractivity contribution in [3.05, 3.63) is 53.1 Å². The first-order valence-corrected chi connectivity index (χ1v) is 8.31. The number of ether oxygens (including phenoxy) is 3. The Bertz CT molecular complexity index is 793. The highest BCUT2D eigenvalue weighted by Gasteiger charge is 2.19. The van der Waals surface area contributed by atoms with E-state index in [9.17, 15) is 9.59 Å². The van der Waals surface area contributed by atoms with Crippen molar-refractivity contribution in [1.82, 2.24) is 0 Å². The second-order valence-corrected chi connectivity index (χ2v) is 5.96. The molecule has 0 unspecified atom stereocenters. The molecule has 0 radical (unpaired) electrons. The van der Waals surface area contributed by atoms with Crippen LogP contribution < -0.4 is 14.8 Å². The molecule has 2 aromatic rings. The lowest BCUT2D eigenvalue weighted by Crippen LogP contribution is -2.31. The van der Waals surface area contributed by atoms with Crippen molar-refractivity contribution in [2.75, 3.05) is 19.0 Å². The number of hydrogen-bond donors (Lipinski definition) is 1. The quantitative estimate of drug-likeness (QED) is 0.746. The Morgan fingerprint density at radius 2 is 1.88 bits per heavy atom. The van der Waals surface area contributed by atoms with E-state index in [1.807, 2.05) is 6.92 Å². The minimum atomic E-state index is -0.984. The van der Waals surface area contributed by atoms with E-state index in [2.05, 4.69) is 5.32 Å². The minimum absolute atomic E-state index is 0.311. The van der Waals surface area contributed by atoms with Crippen molar-refractivity contribution in [1.29, 1.82) is 0 Å². The number of carbonyl (C=O) groups is 2. The highest BCUT2D eigenvalue weighted by Crippen LogP contribution is 2.23. The van der Waals surface area contributed by atoms with Crippen LogP contribution in [0, 0.1) is 6.92 Å². The van der Waals surface area contributed by atoms with Gasteiger partial charge in [-0.05, 0) is 49.7 Å². The van der Waals surface area contributed by atoms with Gasteiger partial charge in [-0.1, -0.05) is 23.7 Å². The molecule has 0 heterocycles. The van der Waals surface area contributed by atoms with E-state index in [1.54, 1.807) is 42.5 Å². The number of nitrogens with one attached hydrogen (secondary N) is 1. The van der Waals surface area contributed by atoms with Gasteiger partial charge in [0.25, 0.3) is 5.91 Å². The Morgan fingerprint density at radius 1 is 1.15 bits per heavy atom. The summed E-state index contributed by atoms with van der Waals surface area (Å²) in [6.45, 7) is 2.99. The van der Waals surface area contributed by atoms with Crippen LogP contribution in [-0.4, -0.2) is 31.7 Å². The standard InChI is InChI=1S/C19H20ClNO5/c1-12-10-14(20)8-9-16(12)25-11-18(22)26-13(2)19(23)21-15-6-4-5-7-17(15)24-3/h4-10,13H,11H2,1-3H3,(H,21,23)/t13-/m0/s1. The Labute approximate surface area is 157 Å². The lowest BCUT2D eigenvalue weighted by Gasteiger charge is -2.15. The number of amides is 1. The molecule has 0 saturated carbocycles. The average Bonchev–Trinajstić information content (AvgIpc) is 2.61. The maximum absolute atomic E-state index is 12.2. The molecule has 0 spiro atoms. The monoisotopic (exact) mass is 377 g/mol. The average molecular weight is 378 g/mol. The fourth-order valence-corrected chi connectivity index (χ4v) is 2.41. The van der Waals surface area contributed by atoms with Gasteiger partial charge in [0.05, 0.1) is 12.8 Å². The van der Waals surface area contributed by atoms with Crippen LogP contribution in [0.3, 0.4) is 0 Å². The third-order valence-corrected chi connectivity index (χ3v) is 3.76. The van der Waals surface area contributed by atoms with Gasteiger partial charge in [-0.25, -0.2) is 4.79 Å². The van der Waals surface area contributed by atoms with Gasteiger partial charge in [0.1, 0.15) is 11.5 Å². The van der Waals surface area contributed by atoms with Gasteiger partial charge < -0.3 is 19.5 Å². The second-order valence-electron chi connectivity index (χ2n) is 5.52. The molecule has 0 aliphatic carbocycles. The number of hydrogen-bond acceptors (Lipinski definition) is 5. The van der Waals surface area contributed by atoms with E-state index in [1.165, 1.54) is 14.0 Å². The van der Waals surface area contributed by atoms with Crippen LogP contribution in [0.5, 0.6) is 11.5 Å². The van der Waals surface area contributed by atoms with E-state index in [0.717, 1.165) is 5.56 Å². The summed E-state index contributed by atoms with van der Waals surface area (Å²) in [6.07, 6.45) is -0.984. The van der Waals surface area contributed by atoms with Crippen LogP contribution in [-0.2, 0) is 14.3 Å². The lowest BCUT2D eigenvalue weighted by molar-refractivity contribution is -0.155. The first kappa shape index (κ1) is 19.6. The predicted molar refractivity (Wildman–Crippen MR) is 98.9 cm³/mol. The van der Waals surface area contributed by atoms with E-state index in [-0.39, 0.29) is 6.61 Å². The number of aryl methyl sites for hydroxylation is 1. The molecular weight excluding hydrogens is 358 g/mol. The zero-order valence-electron chi connectivity index (χ0n) is 14.7. The molecule has 26 heavy (non-hydrogen) atoms. The first-order valence-electron chi connectivity index (χ1n) is 7.93. The minimum Gasteiger partial charge on any atom is -0.495 e. The highest BCUT2D eigenvalue weighted by molar-refractivity contribution is 6.30. The molecule has 0 aliphatic rings. The summed E-state index contributed by atoms with van der Waals surface area (Å²) in [5, 5.41) is 3.24. The van der Waals surface area contributed by atoms with Crippen molar-refractivity contribution < 1.29 is 23.8 Å². The zero-order chi connectivity index (χ0) is 19.1. The van der Waals surface area contributed by atoms with E-state index >= 15 is 0 Å². The number of carbonyl (C=O) groups excluding carboxylic acids is 2. The third-order valence-electron chi connectivity index (χ3n) is 3.52. The van der Waals surface area contributed by atoms with Gasteiger partial charge >= 0.3 is 5.97 Å².